The van der Waals surface area contributed by atoms with E-state index in [0.29, 0.717) is 38.8 Å². The molecule has 13 heteroatoms. The summed E-state index contributed by atoms with van der Waals surface area (Å²) in [6.07, 6.45) is 0.114. The second kappa shape index (κ2) is 13.4. The number of carbonyl (C=O) groups is 1. The number of fused-ring (bicyclic) bond motifs is 2. The Hall–Kier alpha value is -3.59. The van der Waals surface area contributed by atoms with Gasteiger partial charge in [-0.3, -0.25) is 4.79 Å². The molecule has 0 bridgehead atoms. The molecule has 1 aliphatic carbocycles. The fourth-order valence-corrected chi connectivity index (χ4v) is 7.14. The molecule has 11 nitrogen and oxygen atoms in total. The summed E-state index contributed by atoms with van der Waals surface area (Å²) < 4.78 is 61.1. The minimum Gasteiger partial charge on any atom is -0.744 e. The first-order chi connectivity index (χ1) is 20.5. The highest BCUT2D eigenvalue weighted by Crippen LogP contribution is 2.42. The van der Waals surface area contributed by atoms with Gasteiger partial charge in [-0.1, -0.05) is 18.2 Å². The Morgan fingerprint density at radius 3 is 2.28 bits per heavy atom. The second-order valence-electron chi connectivity index (χ2n) is 9.89. The molecule has 0 fully saturated rings. The summed E-state index contributed by atoms with van der Waals surface area (Å²) in [6, 6.07) is 17.4. The van der Waals surface area contributed by atoms with Crippen LogP contribution in [0.3, 0.4) is 0 Å². The maximum absolute atomic E-state index is 12.8. The van der Waals surface area contributed by atoms with Crippen molar-refractivity contribution < 1.29 is 35.5 Å². The van der Waals surface area contributed by atoms with E-state index in [0.717, 1.165) is 18.8 Å². The number of carbonyl (C=O) groups excluding carboxylic acids is 1. The fourth-order valence-electron chi connectivity index (χ4n) is 5.11. The zero-order valence-corrected chi connectivity index (χ0v) is 27.0. The maximum Gasteiger partial charge on any atom is 0.520 e. The maximum atomic E-state index is 12.8. The first-order valence-corrected chi connectivity index (χ1v) is 17.1. The molecule has 0 radical (unpaired) electrons. The minimum atomic E-state index is -4.77. The third-order valence-corrected chi connectivity index (χ3v) is 10.9. The summed E-state index contributed by atoms with van der Waals surface area (Å²) in [5.74, 6) is 0.201. The van der Waals surface area contributed by atoms with E-state index >= 15 is 0 Å². The highest BCUT2D eigenvalue weighted by molar-refractivity contribution is 7.85. The lowest BCUT2D eigenvalue weighted by Crippen LogP contribution is -2.54. The van der Waals surface area contributed by atoms with Crippen molar-refractivity contribution in [3.05, 3.63) is 66.0 Å². The Kier molecular flexibility index (Phi) is 10.0. The molecule has 2 aromatic rings. The SMILES string of the molecule is CCN(CC)c1ccc2c(-c3ccccc3S(=O)(=O)[O-])c3ccc(=[N+](C)CC(=O)NC[Si](OC)(OC)OC)cc-3oc2c1. The van der Waals surface area contributed by atoms with E-state index in [1.54, 1.807) is 29.8 Å². The number of nitrogens with one attached hydrogen (secondary N) is 1. The highest BCUT2D eigenvalue weighted by atomic mass is 32.2. The molecule has 0 atom stereocenters. The topological polar surface area (TPSA) is 133 Å². The molecule has 0 saturated carbocycles. The Bertz CT molecular complexity index is 1760. The van der Waals surface area contributed by atoms with Crippen LogP contribution < -0.4 is 20.1 Å². The molecule has 4 rings (SSSR count). The van der Waals surface area contributed by atoms with E-state index in [-0.39, 0.29) is 23.5 Å². The minimum absolute atomic E-state index is 0.0247. The highest BCUT2D eigenvalue weighted by Gasteiger charge is 2.38. The van der Waals surface area contributed by atoms with E-state index in [4.69, 9.17) is 17.7 Å². The van der Waals surface area contributed by atoms with Crippen LogP contribution in [0.5, 0.6) is 0 Å². The van der Waals surface area contributed by atoms with Gasteiger partial charge in [0.05, 0.1) is 17.1 Å². The van der Waals surface area contributed by atoms with Crippen molar-refractivity contribution in [1.29, 1.82) is 0 Å². The first-order valence-electron chi connectivity index (χ1n) is 13.8. The van der Waals surface area contributed by atoms with Crippen molar-refractivity contribution >= 4 is 41.5 Å². The number of benzene rings is 3. The molecule has 0 aromatic heterocycles. The van der Waals surface area contributed by atoms with Gasteiger partial charge in [0.2, 0.25) is 11.9 Å². The van der Waals surface area contributed by atoms with Crippen molar-refractivity contribution in [2.24, 2.45) is 0 Å². The number of anilines is 1. The van der Waals surface area contributed by atoms with Crippen LogP contribution in [0, 0.1) is 0 Å². The quantitative estimate of drug-likeness (QED) is 0.109. The van der Waals surface area contributed by atoms with Gasteiger partial charge in [0.15, 0.2) is 0 Å². The van der Waals surface area contributed by atoms with Crippen LogP contribution in [0.25, 0.3) is 33.4 Å². The molecule has 1 heterocycles. The largest absolute Gasteiger partial charge is 0.744 e. The van der Waals surface area contributed by atoms with Gasteiger partial charge in [0, 0.05) is 74.3 Å². The van der Waals surface area contributed by atoms with Crippen molar-refractivity contribution in [1.82, 2.24) is 9.89 Å². The van der Waals surface area contributed by atoms with Gasteiger partial charge in [0.25, 0.3) is 5.91 Å². The van der Waals surface area contributed by atoms with Gasteiger partial charge in [-0.15, -0.1) is 0 Å². The number of hydrogen-bond donors (Lipinski definition) is 1. The molecular weight excluding hydrogens is 590 g/mol. The van der Waals surface area contributed by atoms with E-state index in [9.17, 15) is 17.8 Å². The molecule has 1 aliphatic heterocycles. The normalized spacial score (nSPS) is 12.9. The Balaban J connectivity index is 1.88. The van der Waals surface area contributed by atoms with Gasteiger partial charge in [-0.05, 0) is 38.1 Å². The van der Waals surface area contributed by atoms with Gasteiger partial charge >= 0.3 is 8.80 Å². The van der Waals surface area contributed by atoms with Gasteiger partial charge < -0.3 is 32.5 Å². The number of amides is 1. The predicted octanol–water partition coefficient (Wildman–Crippen LogP) is 2.89. The average molecular weight is 628 g/mol. The molecule has 2 aromatic carbocycles. The monoisotopic (exact) mass is 627 g/mol. The number of hydrogen-bond acceptors (Lipinski definition) is 9. The fraction of sp³-hybridized carbons (Fsp3) is 0.333. The summed E-state index contributed by atoms with van der Waals surface area (Å²) in [7, 11) is -1.55. The number of likely N-dealkylation sites (N-methyl/N-ethyl adjacent to an activating group) is 1. The summed E-state index contributed by atoms with van der Waals surface area (Å²) >= 11 is 0. The van der Waals surface area contributed by atoms with Crippen LogP contribution >= 0.6 is 0 Å². The Labute approximate surface area is 252 Å². The van der Waals surface area contributed by atoms with Crippen LogP contribution in [0.1, 0.15) is 13.8 Å². The first kappa shape index (κ1) is 32.3. The van der Waals surface area contributed by atoms with Crippen molar-refractivity contribution in [2.75, 3.05) is 59.1 Å². The lowest BCUT2D eigenvalue weighted by Gasteiger charge is -2.24. The molecule has 1 N–H and O–H groups in total. The van der Waals surface area contributed by atoms with Crippen molar-refractivity contribution in [3.8, 4) is 22.5 Å². The third kappa shape index (κ3) is 6.82. The zero-order chi connectivity index (χ0) is 31.4. The van der Waals surface area contributed by atoms with Crippen LogP contribution in [-0.4, -0.2) is 81.9 Å². The van der Waals surface area contributed by atoms with Crippen molar-refractivity contribution in [2.45, 2.75) is 18.7 Å². The summed E-state index contributed by atoms with van der Waals surface area (Å²) in [5, 5.41) is 4.17. The van der Waals surface area contributed by atoms with E-state index in [1.807, 2.05) is 30.3 Å². The predicted molar refractivity (Wildman–Crippen MR) is 166 cm³/mol. The van der Waals surface area contributed by atoms with E-state index in [1.165, 1.54) is 33.5 Å². The molecule has 43 heavy (non-hydrogen) atoms. The molecular formula is C30H37N3O8SSi. The second-order valence-corrected chi connectivity index (χ2v) is 14.2. The molecule has 230 valence electrons. The molecule has 0 spiro atoms. The molecule has 0 saturated heterocycles. The van der Waals surface area contributed by atoms with Gasteiger partial charge in [-0.2, -0.15) is 0 Å². The Morgan fingerprint density at radius 1 is 0.977 bits per heavy atom. The summed E-state index contributed by atoms with van der Waals surface area (Å²) in [6.45, 7) is 5.73. The Morgan fingerprint density at radius 2 is 1.65 bits per heavy atom. The van der Waals surface area contributed by atoms with Gasteiger partial charge in [0.1, 0.15) is 28.5 Å². The standard InChI is InChI=1S/C30H37N3O8SSi/c1-7-33(8-2)22-14-16-24-27(18-22)41-26-17-21(32(3)19-29(34)31-20-43(38-4,39-5)40-6)13-15-23(26)30(24)25-11-9-10-12-28(25)42(35,36)37/h9-18H,7-8,19-20H2,1-6H3,(H-,31,34,35,36,37). The van der Waals surface area contributed by atoms with Gasteiger partial charge in [-0.25, -0.2) is 13.0 Å². The molecule has 0 unspecified atom stereocenters. The van der Waals surface area contributed by atoms with Crippen LogP contribution in [0.15, 0.2) is 70.0 Å². The lowest BCUT2D eigenvalue weighted by atomic mass is 9.93. The molecule has 2 aliphatic rings. The average Bonchev–Trinajstić information content (AvgIpc) is 3.00. The van der Waals surface area contributed by atoms with Crippen LogP contribution in [-0.2, 0) is 28.2 Å². The smallest absolute Gasteiger partial charge is 0.520 e. The number of nitrogens with zero attached hydrogens (tertiary/aromatic N) is 2. The van der Waals surface area contributed by atoms with E-state index in [2.05, 4.69) is 24.1 Å². The number of rotatable bonds is 12. The lowest BCUT2D eigenvalue weighted by molar-refractivity contribution is -0.120. The summed E-state index contributed by atoms with van der Waals surface area (Å²) in [5.41, 5.74) is 2.97. The third-order valence-electron chi connectivity index (χ3n) is 7.50. The zero-order valence-electron chi connectivity index (χ0n) is 25.2. The summed E-state index contributed by atoms with van der Waals surface area (Å²) in [4.78, 5) is 14.6. The molecule has 1 amide bonds. The van der Waals surface area contributed by atoms with Crippen LogP contribution in [0.2, 0.25) is 0 Å². The van der Waals surface area contributed by atoms with Crippen molar-refractivity contribution in [3.63, 3.8) is 0 Å². The van der Waals surface area contributed by atoms with Crippen LogP contribution in [0.4, 0.5) is 5.69 Å². The van der Waals surface area contributed by atoms with E-state index < -0.39 is 18.9 Å².